The van der Waals surface area contributed by atoms with Crippen molar-refractivity contribution in [3.63, 3.8) is 0 Å². The highest BCUT2D eigenvalue weighted by Crippen LogP contribution is 2.36. The Labute approximate surface area is 130 Å². The Morgan fingerprint density at radius 1 is 0.632 bits per heavy atom. The molecule has 0 atom stereocenters. The van der Waals surface area contributed by atoms with Gasteiger partial charge in [0.05, 0.1) is 20.1 Å². The van der Waals surface area contributed by atoms with Gasteiger partial charge in [-0.05, 0) is 41.8 Å². The smallest absolute Gasteiger partial charge is 0.152 e. The second-order valence-electron chi connectivity index (χ2n) is 3.99. The lowest BCUT2D eigenvalue weighted by atomic mass is 10.0. The van der Waals surface area contributed by atoms with Gasteiger partial charge >= 0.3 is 0 Å². The number of hydrogen-bond acceptors (Lipinski definition) is 2. The van der Waals surface area contributed by atoms with Crippen LogP contribution >= 0.6 is 46.4 Å². The van der Waals surface area contributed by atoms with Gasteiger partial charge in [-0.25, -0.2) is 0 Å². The highest BCUT2D eigenvalue weighted by atomic mass is 35.5. The van der Waals surface area contributed by atoms with Crippen molar-refractivity contribution in [2.24, 2.45) is 0 Å². The zero-order chi connectivity index (χ0) is 14.2. The van der Waals surface area contributed by atoms with Crippen molar-refractivity contribution in [3.05, 3.63) is 55.5 Å². The summed E-state index contributed by atoms with van der Waals surface area (Å²) in [6, 6.07) is 6.43. The summed E-state index contributed by atoms with van der Waals surface area (Å²) < 4.78 is 0. The van der Waals surface area contributed by atoms with Crippen LogP contribution in [-0.4, -0.2) is 10.2 Å². The molecule has 0 amide bonds. The fraction of sp³-hybridized carbons (Fsp3) is 0.0769. The number of hydrogen-bond donors (Lipinski definition) is 2. The molecule has 0 aromatic heterocycles. The highest BCUT2D eigenvalue weighted by Gasteiger charge is 2.10. The van der Waals surface area contributed by atoms with Gasteiger partial charge in [0.25, 0.3) is 0 Å². The van der Waals surface area contributed by atoms with Gasteiger partial charge in [0.2, 0.25) is 0 Å². The van der Waals surface area contributed by atoms with E-state index in [2.05, 4.69) is 0 Å². The molecule has 2 rings (SSSR count). The summed E-state index contributed by atoms with van der Waals surface area (Å²) in [4.78, 5) is 0. The van der Waals surface area contributed by atoms with Crippen LogP contribution < -0.4 is 0 Å². The largest absolute Gasteiger partial charge is 0.505 e. The minimum atomic E-state index is -0.145. The van der Waals surface area contributed by atoms with Crippen LogP contribution in [0.1, 0.15) is 11.1 Å². The SMILES string of the molecule is Oc1c(Cl)cc(Cc2cc(Cl)c(O)c(Cl)c2)cc1Cl. The van der Waals surface area contributed by atoms with E-state index in [1.165, 1.54) is 0 Å². The van der Waals surface area contributed by atoms with Crippen molar-refractivity contribution in [2.75, 3.05) is 0 Å². The number of halogens is 4. The Kier molecular flexibility index (Phi) is 4.36. The van der Waals surface area contributed by atoms with Crippen molar-refractivity contribution in [2.45, 2.75) is 6.42 Å². The lowest BCUT2D eigenvalue weighted by Crippen LogP contribution is -1.90. The molecule has 0 radical (unpaired) electrons. The monoisotopic (exact) mass is 336 g/mol. The number of benzene rings is 2. The van der Waals surface area contributed by atoms with Crippen LogP contribution in [0.5, 0.6) is 11.5 Å². The molecule has 0 bridgehead atoms. The number of rotatable bonds is 2. The second kappa shape index (κ2) is 5.68. The molecule has 0 unspecified atom stereocenters. The van der Waals surface area contributed by atoms with Crippen molar-refractivity contribution in [1.29, 1.82) is 0 Å². The molecule has 6 heteroatoms. The molecule has 0 fully saturated rings. The van der Waals surface area contributed by atoms with E-state index >= 15 is 0 Å². The van der Waals surface area contributed by atoms with E-state index < -0.39 is 0 Å². The maximum Gasteiger partial charge on any atom is 0.152 e. The van der Waals surface area contributed by atoms with E-state index in [4.69, 9.17) is 46.4 Å². The third-order valence-corrected chi connectivity index (χ3v) is 3.71. The Bertz CT molecular complexity index is 539. The van der Waals surface area contributed by atoms with Crippen molar-refractivity contribution < 1.29 is 10.2 Å². The van der Waals surface area contributed by atoms with Gasteiger partial charge in [0, 0.05) is 0 Å². The van der Waals surface area contributed by atoms with Crippen LogP contribution in [0, 0.1) is 0 Å². The zero-order valence-electron chi connectivity index (χ0n) is 9.42. The van der Waals surface area contributed by atoms with Gasteiger partial charge in [0.1, 0.15) is 0 Å². The Morgan fingerprint density at radius 2 is 0.895 bits per heavy atom. The normalized spacial score (nSPS) is 10.7. The molecule has 100 valence electrons. The first-order valence-corrected chi connectivity index (χ1v) is 6.73. The van der Waals surface area contributed by atoms with E-state index in [0.29, 0.717) is 6.42 Å². The standard InChI is InChI=1S/C13H8Cl4O2/c14-8-2-6(3-9(15)12(8)18)1-7-4-10(16)13(19)11(17)5-7/h2-5,18-19H,1H2. The molecule has 19 heavy (non-hydrogen) atoms. The van der Waals surface area contributed by atoms with Crippen LogP contribution in [0.4, 0.5) is 0 Å². The molecular weight excluding hydrogens is 330 g/mol. The Hall–Kier alpha value is -0.800. The van der Waals surface area contributed by atoms with Crippen molar-refractivity contribution in [1.82, 2.24) is 0 Å². The van der Waals surface area contributed by atoms with Gasteiger partial charge in [0.15, 0.2) is 11.5 Å². The molecule has 0 aliphatic heterocycles. The summed E-state index contributed by atoms with van der Waals surface area (Å²) in [5.74, 6) is -0.289. The van der Waals surface area contributed by atoms with Crippen LogP contribution in [0.2, 0.25) is 20.1 Å². The molecule has 2 aromatic carbocycles. The molecule has 0 spiro atoms. The quantitative estimate of drug-likeness (QED) is 0.780. The fourth-order valence-corrected chi connectivity index (χ4v) is 2.74. The molecular formula is C13H8Cl4O2. The van der Waals surface area contributed by atoms with Gasteiger partial charge in [-0.15, -0.1) is 0 Å². The van der Waals surface area contributed by atoms with Gasteiger partial charge in [-0.2, -0.15) is 0 Å². The lowest BCUT2D eigenvalue weighted by Gasteiger charge is -2.08. The fourth-order valence-electron chi connectivity index (χ4n) is 1.68. The molecule has 0 saturated heterocycles. The highest BCUT2D eigenvalue weighted by molar-refractivity contribution is 6.37. The maximum absolute atomic E-state index is 9.48. The number of phenolic OH excluding ortho intramolecular Hbond substituents is 2. The number of phenols is 2. The first-order valence-electron chi connectivity index (χ1n) is 5.22. The van der Waals surface area contributed by atoms with Crippen LogP contribution in [0.25, 0.3) is 0 Å². The lowest BCUT2D eigenvalue weighted by molar-refractivity contribution is 0.475. The molecule has 0 aliphatic rings. The van der Waals surface area contributed by atoms with Crippen molar-refractivity contribution in [3.8, 4) is 11.5 Å². The van der Waals surface area contributed by atoms with E-state index in [0.717, 1.165) is 11.1 Å². The molecule has 2 aromatic rings. The van der Waals surface area contributed by atoms with E-state index in [-0.39, 0.29) is 31.6 Å². The number of aromatic hydroxyl groups is 2. The summed E-state index contributed by atoms with van der Waals surface area (Å²) in [6.07, 6.45) is 0.472. The first-order chi connectivity index (χ1) is 8.88. The van der Waals surface area contributed by atoms with Gasteiger partial charge in [-0.1, -0.05) is 46.4 Å². The molecule has 2 nitrogen and oxygen atoms in total. The Balaban J connectivity index is 2.36. The second-order valence-corrected chi connectivity index (χ2v) is 5.62. The molecule has 0 aliphatic carbocycles. The summed E-state index contributed by atoms with van der Waals surface area (Å²) >= 11 is 23.4. The van der Waals surface area contributed by atoms with Gasteiger partial charge in [-0.3, -0.25) is 0 Å². The summed E-state index contributed by atoms with van der Waals surface area (Å²) in [5.41, 5.74) is 1.59. The third kappa shape index (κ3) is 3.21. The van der Waals surface area contributed by atoms with Crippen LogP contribution in [0.15, 0.2) is 24.3 Å². The van der Waals surface area contributed by atoms with Crippen molar-refractivity contribution >= 4 is 46.4 Å². The van der Waals surface area contributed by atoms with E-state index in [1.807, 2.05) is 0 Å². The minimum absolute atomic E-state index is 0.145. The molecule has 2 N–H and O–H groups in total. The maximum atomic E-state index is 9.48. The van der Waals surface area contributed by atoms with E-state index in [9.17, 15) is 10.2 Å². The van der Waals surface area contributed by atoms with Gasteiger partial charge < -0.3 is 10.2 Å². The first kappa shape index (κ1) is 14.6. The Morgan fingerprint density at radius 3 is 1.16 bits per heavy atom. The van der Waals surface area contributed by atoms with Crippen LogP contribution in [-0.2, 0) is 6.42 Å². The topological polar surface area (TPSA) is 40.5 Å². The average Bonchev–Trinajstić information content (AvgIpc) is 2.33. The summed E-state index contributed by atoms with van der Waals surface area (Å²) in [7, 11) is 0. The summed E-state index contributed by atoms with van der Waals surface area (Å²) in [5, 5.41) is 19.7. The molecule has 0 heterocycles. The third-order valence-electron chi connectivity index (χ3n) is 2.56. The minimum Gasteiger partial charge on any atom is -0.505 e. The summed E-state index contributed by atoms with van der Waals surface area (Å²) in [6.45, 7) is 0. The van der Waals surface area contributed by atoms with Crippen LogP contribution in [0.3, 0.4) is 0 Å². The molecule has 0 saturated carbocycles. The predicted molar refractivity (Wildman–Crippen MR) is 79.1 cm³/mol. The zero-order valence-corrected chi connectivity index (χ0v) is 12.4. The average molecular weight is 338 g/mol. The van der Waals surface area contributed by atoms with E-state index in [1.54, 1.807) is 24.3 Å². The predicted octanol–water partition coefficient (Wildman–Crippen LogP) is 5.30.